The van der Waals surface area contributed by atoms with Crippen molar-refractivity contribution in [2.45, 2.75) is 25.4 Å². The lowest BCUT2D eigenvalue weighted by atomic mass is 9.97. The molecule has 0 radical (unpaired) electrons. The number of carbonyl (C=O) groups excluding carboxylic acids is 1. The Morgan fingerprint density at radius 3 is 3.11 bits per heavy atom. The van der Waals surface area contributed by atoms with Crippen molar-refractivity contribution < 1.29 is 9.90 Å². The molecule has 1 amide bonds. The third-order valence-electron chi connectivity index (χ3n) is 3.78. The van der Waals surface area contributed by atoms with Gasteiger partial charge < -0.3 is 15.3 Å². The van der Waals surface area contributed by atoms with Gasteiger partial charge in [0, 0.05) is 30.9 Å². The molecule has 18 heavy (non-hydrogen) atoms. The molecule has 4 heteroatoms. The highest BCUT2D eigenvalue weighted by Crippen LogP contribution is 2.27. The largest absolute Gasteiger partial charge is 0.391 e. The molecule has 2 aliphatic rings. The molecular weight excluding hydrogens is 228 g/mol. The number of aliphatic hydroxyl groups excluding tert-OH is 1. The molecule has 2 N–H and O–H groups in total. The van der Waals surface area contributed by atoms with E-state index < -0.39 is 0 Å². The topological polar surface area (TPSA) is 52.6 Å². The van der Waals surface area contributed by atoms with E-state index in [-0.39, 0.29) is 12.0 Å². The molecule has 0 aromatic heterocycles. The van der Waals surface area contributed by atoms with Crippen LogP contribution in [-0.2, 0) is 6.42 Å². The van der Waals surface area contributed by atoms with Crippen molar-refractivity contribution >= 4 is 11.6 Å². The second-order valence-corrected chi connectivity index (χ2v) is 5.06. The van der Waals surface area contributed by atoms with Crippen LogP contribution >= 0.6 is 0 Å². The summed E-state index contributed by atoms with van der Waals surface area (Å²) < 4.78 is 0. The molecule has 1 aromatic carbocycles. The Bertz CT molecular complexity index is 473. The van der Waals surface area contributed by atoms with Crippen LogP contribution in [0.4, 0.5) is 5.69 Å². The average Bonchev–Trinajstić information content (AvgIpc) is 2.84. The minimum absolute atomic E-state index is 0.0621. The Hall–Kier alpha value is -1.55. The number of amides is 1. The highest BCUT2D eigenvalue weighted by molar-refractivity contribution is 5.97. The Morgan fingerprint density at radius 2 is 2.33 bits per heavy atom. The van der Waals surface area contributed by atoms with Gasteiger partial charge in [-0.2, -0.15) is 0 Å². The van der Waals surface area contributed by atoms with Crippen LogP contribution in [0, 0.1) is 0 Å². The lowest BCUT2D eigenvalue weighted by Gasteiger charge is -2.23. The highest BCUT2D eigenvalue weighted by Gasteiger charge is 2.27. The second kappa shape index (κ2) is 4.61. The summed E-state index contributed by atoms with van der Waals surface area (Å²) in [6.07, 6.45) is 2.37. The number of β-amino-alcohol motifs (C(OH)–C–C–N with tert-alkyl or cyclic N) is 1. The Balaban J connectivity index is 1.90. The number of nitrogens with one attached hydrogen (secondary N) is 1. The van der Waals surface area contributed by atoms with Gasteiger partial charge in [-0.1, -0.05) is 6.07 Å². The Labute approximate surface area is 107 Å². The molecule has 2 aliphatic heterocycles. The van der Waals surface area contributed by atoms with Gasteiger partial charge in [0.1, 0.15) is 0 Å². The molecule has 0 aliphatic carbocycles. The number of rotatable bonds is 1. The second-order valence-electron chi connectivity index (χ2n) is 5.06. The summed E-state index contributed by atoms with van der Waals surface area (Å²) >= 11 is 0. The number of carbonyl (C=O) groups is 1. The molecule has 0 saturated carbocycles. The SMILES string of the molecule is O=C(c1cccc2c1CCCN2)N1CC[C@@H](O)C1. The molecule has 4 nitrogen and oxygen atoms in total. The maximum absolute atomic E-state index is 12.5. The molecule has 1 aromatic rings. The van der Waals surface area contributed by atoms with E-state index in [0.717, 1.165) is 36.2 Å². The van der Waals surface area contributed by atoms with Crippen LogP contribution in [0.25, 0.3) is 0 Å². The molecule has 3 rings (SSSR count). The number of likely N-dealkylation sites (tertiary alicyclic amines) is 1. The third kappa shape index (κ3) is 1.97. The normalized spacial score (nSPS) is 22.5. The van der Waals surface area contributed by atoms with Crippen LogP contribution in [0.3, 0.4) is 0 Å². The summed E-state index contributed by atoms with van der Waals surface area (Å²) in [6, 6.07) is 5.86. The van der Waals surface area contributed by atoms with Crippen molar-refractivity contribution in [3.8, 4) is 0 Å². The maximum Gasteiger partial charge on any atom is 0.254 e. The van der Waals surface area contributed by atoms with Crippen molar-refractivity contribution in [1.82, 2.24) is 4.90 Å². The van der Waals surface area contributed by atoms with E-state index in [1.807, 2.05) is 18.2 Å². The van der Waals surface area contributed by atoms with Crippen LogP contribution in [0.15, 0.2) is 18.2 Å². The van der Waals surface area contributed by atoms with Crippen LogP contribution < -0.4 is 5.32 Å². The van der Waals surface area contributed by atoms with Gasteiger partial charge in [-0.3, -0.25) is 4.79 Å². The van der Waals surface area contributed by atoms with Gasteiger partial charge in [0.15, 0.2) is 0 Å². The van der Waals surface area contributed by atoms with Gasteiger partial charge >= 0.3 is 0 Å². The van der Waals surface area contributed by atoms with Crippen molar-refractivity contribution in [2.75, 3.05) is 25.0 Å². The van der Waals surface area contributed by atoms with E-state index in [1.54, 1.807) is 4.90 Å². The Morgan fingerprint density at radius 1 is 1.44 bits per heavy atom. The van der Waals surface area contributed by atoms with E-state index in [0.29, 0.717) is 19.5 Å². The first kappa shape index (κ1) is 11.5. The van der Waals surface area contributed by atoms with Crippen LogP contribution in [0.5, 0.6) is 0 Å². The van der Waals surface area contributed by atoms with Crippen molar-refractivity contribution in [3.63, 3.8) is 0 Å². The maximum atomic E-state index is 12.5. The molecular formula is C14H18N2O2. The number of benzene rings is 1. The minimum atomic E-state index is -0.355. The van der Waals surface area contributed by atoms with E-state index in [9.17, 15) is 9.90 Å². The van der Waals surface area contributed by atoms with E-state index >= 15 is 0 Å². The minimum Gasteiger partial charge on any atom is -0.391 e. The van der Waals surface area contributed by atoms with Crippen LogP contribution in [0.1, 0.15) is 28.8 Å². The number of hydrogen-bond acceptors (Lipinski definition) is 3. The van der Waals surface area contributed by atoms with E-state index in [4.69, 9.17) is 0 Å². The summed E-state index contributed by atoms with van der Waals surface area (Å²) in [6.45, 7) is 2.11. The standard InChI is InChI=1S/C14H18N2O2/c17-10-6-8-16(9-10)14(18)12-3-1-5-13-11(12)4-2-7-15-13/h1,3,5,10,15,17H,2,4,6-9H2/t10-/m1/s1. The van der Waals surface area contributed by atoms with Crippen LogP contribution in [-0.4, -0.2) is 41.7 Å². The van der Waals surface area contributed by atoms with E-state index in [1.165, 1.54) is 0 Å². The zero-order chi connectivity index (χ0) is 12.5. The zero-order valence-electron chi connectivity index (χ0n) is 10.4. The van der Waals surface area contributed by atoms with Gasteiger partial charge in [-0.25, -0.2) is 0 Å². The molecule has 0 unspecified atom stereocenters. The molecule has 2 heterocycles. The lowest BCUT2D eigenvalue weighted by molar-refractivity contribution is 0.0764. The third-order valence-corrected chi connectivity index (χ3v) is 3.78. The molecule has 1 atom stereocenters. The molecule has 96 valence electrons. The molecule has 0 spiro atoms. The summed E-state index contributed by atoms with van der Waals surface area (Å²) in [4.78, 5) is 14.2. The highest BCUT2D eigenvalue weighted by atomic mass is 16.3. The summed E-state index contributed by atoms with van der Waals surface area (Å²) in [5.74, 6) is 0.0621. The molecule has 1 fully saturated rings. The smallest absolute Gasteiger partial charge is 0.254 e. The van der Waals surface area contributed by atoms with Crippen LogP contribution in [0.2, 0.25) is 0 Å². The number of anilines is 1. The first-order valence-corrected chi connectivity index (χ1v) is 6.59. The Kier molecular flexibility index (Phi) is 2.96. The predicted molar refractivity (Wildman–Crippen MR) is 69.8 cm³/mol. The van der Waals surface area contributed by atoms with Gasteiger partial charge in [-0.15, -0.1) is 0 Å². The fraction of sp³-hybridized carbons (Fsp3) is 0.500. The fourth-order valence-electron chi connectivity index (χ4n) is 2.81. The van der Waals surface area contributed by atoms with Crippen molar-refractivity contribution in [3.05, 3.63) is 29.3 Å². The monoisotopic (exact) mass is 246 g/mol. The number of aliphatic hydroxyl groups is 1. The summed E-state index contributed by atoms with van der Waals surface area (Å²) in [5, 5.41) is 12.9. The molecule has 0 bridgehead atoms. The summed E-state index contributed by atoms with van der Waals surface area (Å²) in [5.41, 5.74) is 3.02. The number of hydrogen-bond donors (Lipinski definition) is 2. The molecule has 1 saturated heterocycles. The van der Waals surface area contributed by atoms with E-state index in [2.05, 4.69) is 5.32 Å². The van der Waals surface area contributed by atoms with Gasteiger partial charge in [0.25, 0.3) is 5.91 Å². The fourth-order valence-corrected chi connectivity index (χ4v) is 2.81. The van der Waals surface area contributed by atoms with Crippen molar-refractivity contribution in [2.24, 2.45) is 0 Å². The van der Waals surface area contributed by atoms with Gasteiger partial charge in [0.05, 0.1) is 6.10 Å². The predicted octanol–water partition coefficient (Wildman–Crippen LogP) is 1.25. The average molecular weight is 246 g/mol. The number of nitrogens with zero attached hydrogens (tertiary/aromatic N) is 1. The first-order chi connectivity index (χ1) is 8.75. The summed E-state index contributed by atoms with van der Waals surface area (Å²) in [7, 11) is 0. The number of fused-ring (bicyclic) bond motifs is 1. The lowest BCUT2D eigenvalue weighted by Crippen LogP contribution is -2.31. The van der Waals surface area contributed by atoms with Crippen molar-refractivity contribution in [1.29, 1.82) is 0 Å². The van der Waals surface area contributed by atoms with Gasteiger partial charge in [0.2, 0.25) is 0 Å². The first-order valence-electron chi connectivity index (χ1n) is 6.59. The van der Waals surface area contributed by atoms with Gasteiger partial charge in [-0.05, 0) is 37.0 Å². The quantitative estimate of drug-likeness (QED) is 0.784. The zero-order valence-corrected chi connectivity index (χ0v) is 10.4.